The molecule has 0 aliphatic heterocycles. The lowest BCUT2D eigenvalue weighted by Crippen LogP contribution is -1.75. The summed E-state index contributed by atoms with van der Waals surface area (Å²) in [5.74, 6) is 2.23. The summed E-state index contributed by atoms with van der Waals surface area (Å²) in [6, 6.07) is 8.35. The van der Waals surface area contributed by atoms with Crippen LogP contribution in [-0.2, 0) is 0 Å². The maximum Gasteiger partial charge on any atom is 0.111 e. The topological polar surface area (TPSA) is 23.8 Å². The van der Waals surface area contributed by atoms with Crippen LogP contribution in [0.3, 0.4) is 0 Å². The molecule has 0 bridgehead atoms. The van der Waals surface area contributed by atoms with Gasteiger partial charge in [0.15, 0.2) is 0 Å². The Morgan fingerprint density at radius 3 is 2.09 bits per heavy atom. The second-order valence-electron chi connectivity index (χ2n) is 1.91. The van der Waals surface area contributed by atoms with Crippen LogP contribution in [-0.4, -0.2) is 0 Å². The van der Waals surface area contributed by atoms with Crippen molar-refractivity contribution < 1.29 is 4.39 Å². The molecular formula is C9H4FN. The highest BCUT2D eigenvalue weighted by atomic mass is 19.1. The average molecular weight is 145 g/mol. The fourth-order valence-corrected chi connectivity index (χ4v) is 0.683. The molecule has 1 aromatic rings. The first-order valence-corrected chi connectivity index (χ1v) is 2.98. The van der Waals surface area contributed by atoms with E-state index in [0.717, 1.165) is 0 Å². The first-order chi connectivity index (χ1) is 5.36. The molecule has 1 nitrogen and oxygen atoms in total. The monoisotopic (exact) mass is 145 g/mol. The molecule has 0 spiro atoms. The number of benzene rings is 1. The molecule has 11 heavy (non-hydrogen) atoms. The van der Waals surface area contributed by atoms with Gasteiger partial charge in [-0.3, -0.25) is 0 Å². The van der Waals surface area contributed by atoms with E-state index >= 15 is 0 Å². The van der Waals surface area contributed by atoms with Gasteiger partial charge in [-0.05, 0) is 30.2 Å². The van der Waals surface area contributed by atoms with Crippen molar-refractivity contribution >= 4 is 0 Å². The Labute approximate surface area is 64.1 Å². The Morgan fingerprint density at radius 2 is 1.64 bits per heavy atom. The van der Waals surface area contributed by atoms with Crippen molar-refractivity contribution in [3.63, 3.8) is 0 Å². The van der Waals surface area contributed by atoms with Crippen LogP contribution in [0.5, 0.6) is 0 Å². The highest BCUT2D eigenvalue weighted by molar-refractivity contribution is 5.38. The third-order valence-corrected chi connectivity index (χ3v) is 1.21. The van der Waals surface area contributed by atoms with E-state index in [1.807, 2.05) is 6.07 Å². The van der Waals surface area contributed by atoms with Crippen molar-refractivity contribution in [2.24, 2.45) is 0 Å². The first kappa shape index (κ1) is 7.31. The minimum absolute atomic E-state index is 0.550. The molecule has 52 valence electrons. The summed E-state index contributed by atoms with van der Waals surface area (Å²) in [6.07, 6.45) is 1.29. The van der Waals surface area contributed by atoms with Gasteiger partial charge in [0, 0.05) is 5.56 Å². The molecule has 0 saturated carbocycles. The van der Waals surface area contributed by atoms with Crippen LogP contribution in [0.4, 0.5) is 4.39 Å². The Balaban J connectivity index is 3.00. The van der Waals surface area contributed by atoms with E-state index in [4.69, 9.17) is 5.26 Å². The van der Waals surface area contributed by atoms with E-state index < -0.39 is 0 Å². The predicted molar refractivity (Wildman–Crippen MR) is 39.1 cm³/mol. The largest absolute Gasteiger partial charge is 0.192 e. The number of nitrogens with zero attached hydrogens (tertiary/aromatic N) is 1. The molecule has 0 saturated heterocycles. The van der Waals surface area contributed by atoms with Gasteiger partial charge >= 0.3 is 0 Å². The lowest BCUT2D eigenvalue weighted by atomic mass is 10.2. The van der Waals surface area contributed by atoms with Crippen LogP contribution in [0.25, 0.3) is 0 Å². The lowest BCUT2D eigenvalue weighted by molar-refractivity contribution is 0.774. The van der Waals surface area contributed by atoms with Crippen molar-refractivity contribution in [2.45, 2.75) is 0 Å². The normalized spacial score (nSPS) is 7.64. The summed E-state index contributed by atoms with van der Waals surface area (Å²) < 4.78 is 11.4. The zero-order chi connectivity index (χ0) is 8.10. The van der Waals surface area contributed by atoms with Crippen molar-refractivity contribution in [1.82, 2.24) is 0 Å². The summed E-state index contributed by atoms with van der Waals surface area (Å²) in [4.78, 5) is 0. The molecule has 1 aromatic carbocycles. The lowest BCUT2D eigenvalue weighted by Gasteiger charge is -1.87. The third-order valence-electron chi connectivity index (χ3n) is 1.21. The second-order valence-corrected chi connectivity index (χ2v) is 1.91. The molecule has 0 aromatic heterocycles. The quantitative estimate of drug-likeness (QED) is 0.511. The standard InChI is InChI=1S/C9H4FN/c10-6-5-8-1-3-9(7-11)4-2-8/h1-4H. The maximum absolute atomic E-state index is 11.4. The SMILES string of the molecule is N#Cc1ccc(C#CF)cc1. The Bertz CT molecular complexity index is 335. The van der Waals surface area contributed by atoms with Crippen molar-refractivity contribution in [3.8, 4) is 18.2 Å². The molecule has 0 unspecified atom stereocenters. The number of hydrogen-bond acceptors (Lipinski definition) is 1. The number of hydrogen-bond donors (Lipinski definition) is 0. The van der Waals surface area contributed by atoms with Gasteiger partial charge in [0.2, 0.25) is 0 Å². The predicted octanol–water partition coefficient (Wildman–Crippen LogP) is 1.84. The van der Waals surface area contributed by atoms with Gasteiger partial charge in [-0.25, -0.2) is 0 Å². The van der Waals surface area contributed by atoms with Crippen LogP contribution in [0.1, 0.15) is 11.1 Å². The molecule has 0 amide bonds. The fourth-order valence-electron chi connectivity index (χ4n) is 0.683. The average Bonchev–Trinajstić information content (AvgIpc) is 2.07. The van der Waals surface area contributed by atoms with Gasteiger partial charge < -0.3 is 0 Å². The first-order valence-electron chi connectivity index (χ1n) is 2.98. The van der Waals surface area contributed by atoms with Crippen LogP contribution in [0.2, 0.25) is 0 Å². The third kappa shape index (κ3) is 1.81. The summed E-state index contributed by atoms with van der Waals surface area (Å²) in [5.41, 5.74) is 1.13. The molecule has 0 aliphatic rings. The van der Waals surface area contributed by atoms with Crippen molar-refractivity contribution in [2.75, 3.05) is 0 Å². The van der Waals surface area contributed by atoms with E-state index in [9.17, 15) is 4.39 Å². The summed E-state index contributed by atoms with van der Waals surface area (Å²) in [5, 5.41) is 8.40. The smallest absolute Gasteiger partial charge is 0.111 e. The van der Waals surface area contributed by atoms with Gasteiger partial charge in [-0.1, -0.05) is 0 Å². The minimum Gasteiger partial charge on any atom is -0.192 e. The van der Waals surface area contributed by atoms with Gasteiger partial charge in [0.25, 0.3) is 0 Å². The van der Waals surface area contributed by atoms with Crippen LogP contribution < -0.4 is 0 Å². The van der Waals surface area contributed by atoms with E-state index in [0.29, 0.717) is 11.1 Å². The maximum atomic E-state index is 11.4. The highest BCUT2D eigenvalue weighted by Gasteiger charge is 1.88. The molecule has 0 aliphatic carbocycles. The van der Waals surface area contributed by atoms with E-state index in [-0.39, 0.29) is 0 Å². The molecule has 0 N–H and O–H groups in total. The van der Waals surface area contributed by atoms with Gasteiger partial charge in [-0.2, -0.15) is 5.26 Å². The van der Waals surface area contributed by atoms with Crippen molar-refractivity contribution in [3.05, 3.63) is 35.4 Å². The van der Waals surface area contributed by atoms with Gasteiger partial charge in [-0.15, -0.1) is 4.39 Å². The Kier molecular flexibility index (Phi) is 2.25. The number of halogens is 1. The van der Waals surface area contributed by atoms with E-state index in [2.05, 4.69) is 5.92 Å². The van der Waals surface area contributed by atoms with E-state index in [1.165, 1.54) is 6.17 Å². The fraction of sp³-hybridized carbons (Fsp3) is 0. The minimum atomic E-state index is 0.550. The number of nitriles is 1. The molecule has 2 heteroatoms. The van der Waals surface area contributed by atoms with Crippen LogP contribution in [0, 0.1) is 23.4 Å². The Morgan fingerprint density at radius 1 is 1.09 bits per heavy atom. The molecule has 1 rings (SSSR count). The molecule has 0 atom stereocenters. The van der Waals surface area contributed by atoms with Crippen LogP contribution >= 0.6 is 0 Å². The highest BCUT2D eigenvalue weighted by Crippen LogP contribution is 2.00. The zero-order valence-electron chi connectivity index (χ0n) is 5.63. The Hall–Kier alpha value is -1.80. The summed E-state index contributed by atoms with van der Waals surface area (Å²) in [6.45, 7) is 0. The molecule has 0 radical (unpaired) electrons. The summed E-state index contributed by atoms with van der Waals surface area (Å²) >= 11 is 0. The molecule has 0 fully saturated rings. The van der Waals surface area contributed by atoms with E-state index in [1.54, 1.807) is 24.3 Å². The summed E-state index contributed by atoms with van der Waals surface area (Å²) in [7, 11) is 0. The number of rotatable bonds is 0. The van der Waals surface area contributed by atoms with Gasteiger partial charge in [0.1, 0.15) is 6.17 Å². The second kappa shape index (κ2) is 3.39. The van der Waals surface area contributed by atoms with Crippen molar-refractivity contribution in [1.29, 1.82) is 5.26 Å². The zero-order valence-corrected chi connectivity index (χ0v) is 5.63. The van der Waals surface area contributed by atoms with Crippen LogP contribution in [0.15, 0.2) is 24.3 Å². The van der Waals surface area contributed by atoms with Gasteiger partial charge in [0.05, 0.1) is 11.6 Å². The molecular weight excluding hydrogens is 141 g/mol. The molecule has 0 heterocycles.